The Balaban J connectivity index is 1.98. The van der Waals surface area contributed by atoms with Crippen molar-refractivity contribution in [3.63, 3.8) is 0 Å². The van der Waals surface area contributed by atoms with Crippen LogP contribution in [0.25, 0.3) is 0 Å². The molecule has 0 aliphatic carbocycles. The molecule has 2 rings (SSSR count). The van der Waals surface area contributed by atoms with Crippen molar-refractivity contribution in [1.82, 2.24) is 5.32 Å². The second-order valence-electron chi connectivity index (χ2n) is 5.26. The van der Waals surface area contributed by atoms with Gasteiger partial charge in [-0.3, -0.25) is 0 Å². The summed E-state index contributed by atoms with van der Waals surface area (Å²) in [5, 5.41) is 3.34. The molecule has 0 aliphatic rings. The lowest BCUT2D eigenvalue weighted by Crippen LogP contribution is -2.21. The molecule has 0 saturated heterocycles. The van der Waals surface area contributed by atoms with Gasteiger partial charge < -0.3 is 14.6 Å². The summed E-state index contributed by atoms with van der Waals surface area (Å²) in [7, 11) is 1.85. The van der Waals surface area contributed by atoms with Gasteiger partial charge in [0.1, 0.15) is 11.6 Å². The van der Waals surface area contributed by atoms with Crippen LogP contribution in [0.5, 0.6) is 0 Å². The van der Waals surface area contributed by atoms with Crippen LogP contribution in [0, 0.1) is 5.82 Å². The zero-order valence-electron chi connectivity index (χ0n) is 12.2. The summed E-state index contributed by atoms with van der Waals surface area (Å²) >= 11 is 0. The Kier molecular flexibility index (Phi) is 4.79. The number of nitrogens with zero attached hydrogens (tertiary/aromatic N) is 1. The van der Waals surface area contributed by atoms with Crippen molar-refractivity contribution < 1.29 is 8.81 Å². The molecule has 4 heteroatoms. The molecule has 0 atom stereocenters. The molecule has 1 heterocycles. The van der Waals surface area contributed by atoms with Gasteiger partial charge in [-0.1, -0.05) is 26.0 Å². The van der Waals surface area contributed by atoms with E-state index in [9.17, 15) is 4.39 Å². The Bertz CT molecular complexity index is 551. The van der Waals surface area contributed by atoms with Crippen molar-refractivity contribution in [2.75, 3.05) is 11.9 Å². The quantitative estimate of drug-likeness (QED) is 0.874. The first-order valence-electron chi connectivity index (χ1n) is 6.81. The van der Waals surface area contributed by atoms with E-state index in [4.69, 9.17) is 4.42 Å². The summed E-state index contributed by atoms with van der Waals surface area (Å²) < 4.78 is 19.2. The average Bonchev–Trinajstić information content (AvgIpc) is 2.84. The molecule has 0 aliphatic heterocycles. The second kappa shape index (κ2) is 6.57. The Morgan fingerprint density at radius 2 is 2.05 bits per heavy atom. The summed E-state index contributed by atoms with van der Waals surface area (Å²) in [5.41, 5.74) is 1.68. The molecule has 2 aromatic rings. The van der Waals surface area contributed by atoms with Gasteiger partial charge >= 0.3 is 0 Å². The number of anilines is 1. The van der Waals surface area contributed by atoms with E-state index in [0.29, 0.717) is 18.3 Å². The first-order chi connectivity index (χ1) is 9.56. The maximum absolute atomic E-state index is 13.7. The number of rotatable bonds is 6. The third kappa shape index (κ3) is 3.84. The van der Waals surface area contributed by atoms with Crippen LogP contribution in [-0.4, -0.2) is 13.1 Å². The highest BCUT2D eigenvalue weighted by atomic mass is 19.1. The zero-order chi connectivity index (χ0) is 14.5. The first kappa shape index (κ1) is 14.6. The van der Waals surface area contributed by atoms with Gasteiger partial charge in [0.15, 0.2) is 0 Å². The Morgan fingerprint density at radius 3 is 2.75 bits per heavy atom. The van der Waals surface area contributed by atoms with Crippen molar-refractivity contribution >= 4 is 5.69 Å². The fourth-order valence-corrected chi connectivity index (χ4v) is 2.00. The van der Waals surface area contributed by atoms with E-state index in [1.165, 1.54) is 6.07 Å². The summed E-state index contributed by atoms with van der Waals surface area (Å²) in [6.45, 7) is 5.53. The number of hydrogen-bond acceptors (Lipinski definition) is 3. The van der Waals surface area contributed by atoms with Crippen molar-refractivity contribution in [3.05, 3.63) is 53.7 Å². The fourth-order valence-electron chi connectivity index (χ4n) is 2.00. The van der Waals surface area contributed by atoms with E-state index in [0.717, 1.165) is 17.9 Å². The molecule has 1 N–H and O–H groups in total. The van der Waals surface area contributed by atoms with Gasteiger partial charge in [0.05, 0.1) is 18.5 Å². The molecule has 0 unspecified atom stereocenters. The first-order valence-corrected chi connectivity index (χ1v) is 6.81. The highest BCUT2D eigenvalue weighted by Gasteiger charge is 2.10. The Labute approximate surface area is 119 Å². The van der Waals surface area contributed by atoms with Crippen molar-refractivity contribution in [1.29, 1.82) is 0 Å². The Morgan fingerprint density at radius 1 is 1.30 bits per heavy atom. The lowest BCUT2D eigenvalue weighted by molar-refractivity contribution is 0.501. The highest BCUT2D eigenvalue weighted by molar-refractivity contribution is 5.46. The number of para-hydroxylation sites is 1. The molecule has 0 bridgehead atoms. The van der Waals surface area contributed by atoms with E-state index in [2.05, 4.69) is 19.2 Å². The van der Waals surface area contributed by atoms with Crippen molar-refractivity contribution in [2.45, 2.75) is 33.0 Å². The van der Waals surface area contributed by atoms with Gasteiger partial charge in [0.2, 0.25) is 0 Å². The van der Waals surface area contributed by atoms with Gasteiger partial charge in [0.25, 0.3) is 0 Å². The predicted molar refractivity (Wildman–Crippen MR) is 79.2 cm³/mol. The van der Waals surface area contributed by atoms with Crippen molar-refractivity contribution in [3.8, 4) is 0 Å². The van der Waals surface area contributed by atoms with E-state index >= 15 is 0 Å². The maximum atomic E-state index is 13.7. The van der Waals surface area contributed by atoms with E-state index < -0.39 is 0 Å². The molecule has 0 amide bonds. The van der Waals surface area contributed by atoms with Crippen LogP contribution in [0.3, 0.4) is 0 Å². The summed E-state index contributed by atoms with van der Waals surface area (Å²) in [6, 6.07) is 9.19. The SMILES string of the molecule is CC(C)NCc1coc(CN(C)c2ccccc2F)c1. The monoisotopic (exact) mass is 276 g/mol. The van der Waals surface area contributed by atoms with Crippen LogP contribution in [0.15, 0.2) is 41.0 Å². The lowest BCUT2D eigenvalue weighted by Gasteiger charge is -2.18. The average molecular weight is 276 g/mol. The standard InChI is InChI=1S/C16H21FN2O/c1-12(2)18-9-13-8-14(20-11-13)10-19(3)16-7-5-4-6-15(16)17/h4-8,11-12,18H,9-10H2,1-3H3. The zero-order valence-corrected chi connectivity index (χ0v) is 12.2. The van der Waals surface area contributed by atoms with Crippen LogP contribution < -0.4 is 10.2 Å². The molecule has 1 aromatic carbocycles. The number of benzene rings is 1. The summed E-state index contributed by atoms with van der Waals surface area (Å²) in [6.07, 6.45) is 1.75. The normalized spacial score (nSPS) is 11.1. The minimum atomic E-state index is -0.219. The van der Waals surface area contributed by atoms with E-state index in [-0.39, 0.29) is 5.82 Å². The van der Waals surface area contributed by atoms with Crippen molar-refractivity contribution in [2.24, 2.45) is 0 Å². The molecule has 0 spiro atoms. The molecule has 3 nitrogen and oxygen atoms in total. The van der Waals surface area contributed by atoms with Gasteiger partial charge in [-0.2, -0.15) is 0 Å². The van der Waals surface area contributed by atoms with Gasteiger partial charge in [-0.15, -0.1) is 0 Å². The van der Waals surface area contributed by atoms with Crippen LogP contribution in [0.4, 0.5) is 10.1 Å². The topological polar surface area (TPSA) is 28.4 Å². The molecule has 108 valence electrons. The number of furan rings is 1. The summed E-state index contributed by atoms with van der Waals surface area (Å²) in [5.74, 6) is 0.611. The van der Waals surface area contributed by atoms with Gasteiger partial charge in [0, 0.05) is 25.2 Å². The molecule has 0 saturated carbocycles. The third-order valence-electron chi connectivity index (χ3n) is 3.08. The molecule has 0 fully saturated rings. The third-order valence-corrected chi connectivity index (χ3v) is 3.08. The molecule has 1 aromatic heterocycles. The van der Waals surface area contributed by atoms with Crippen LogP contribution in [0.2, 0.25) is 0 Å². The van der Waals surface area contributed by atoms with Crippen LogP contribution in [-0.2, 0) is 13.1 Å². The minimum Gasteiger partial charge on any atom is -0.467 e. The number of halogens is 1. The minimum absolute atomic E-state index is 0.219. The number of hydrogen-bond donors (Lipinski definition) is 1. The predicted octanol–water partition coefficient (Wildman–Crippen LogP) is 3.55. The molecule has 20 heavy (non-hydrogen) atoms. The smallest absolute Gasteiger partial charge is 0.146 e. The molecular weight excluding hydrogens is 255 g/mol. The van der Waals surface area contributed by atoms with E-state index in [1.54, 1.807) is 18.4 Å². The van der Waals surface area contributed by atoms with Gasteiger partial charge in [-0.05, 0) is 18.2 Å². The molecular formula is C16H21FN2O. The fraction of sp³-hybridized carbons (Fsp3) is 0.375. The highest BCUT2D eigenvalue weighted by Crippen LogP contribution is 2.20. The van der Waals surface area contributed by atoms with Crippen LogP contribution in [0.1, 0.15) is 25.2 Å². The summed E-state index contributed by atoms with van der Waals surface area (Å²) in [4.78, 5) is 1.84. The largest absolute Gasteiger partial charge is 0.467 e. The van der Waals surface area contributed by atoms with E-state index in [1.807, 2.05) is 24.1 Å². The molecule has 0 radical (unpaired) electrons. The second-order valence-corrected chi connectivity index (χ2v) is 5.26. The Hall–Kier alpha value is -1.81. The lowest BCUT2D eigenvalue weighted by atomic mass is 10.2. The van der Waals surface area contributed by atoms with Crippen LogP contribution >= 0.6 is 0 Å². The maximum Gasteiger partial charge on any atom is 0.146 e. The van der Waals surface area contributed by atoms with Gasteiger partial charge in [-0.25, -0.2) is 4.39 Å². The number of nitrogens with one attached hydrogen (secondary N) is 1.